The van der Waals surface area contributed by atoms with Crippen molar-refractivity contribution in [1.82, 2.24) is 9.97 Å². The summed E-state index contributed by atoms with van der Waals surface area (Å²) in [6, 6.07) is 0. The number of rotatable bonds is 2. The van der Waals surface area contributed by atoms with Crippen LogP contribution >= 0.6 is 0 Å². The number of carbonyl (C=O) groups is 1. The molecule has 2 N–H and O–H groups in total. The zero-order valence-corrected chi connectivity index (χ0v) is 7.99. The lowest BCUT2D eigenvalue weighted by Gasteiger charge is -2.31. The highest BCUT2D eigenvalue weighted by Gasteiger charge is 2.43. The summed E-state index contributed by atoms with van der Waals surface area (Å²) in [5.74, 6) is -0.128. The summed E-state index contributed by atoms with van der Waals surface area (Å²) in [5, 5.41) is 9.30. The maximum atomic E-state index is 11.3. The molecule has 1 aromatic heterocycles. The number of carboxylic acid groups (broad SMARTS) is 1. The first kappa shape index (κ1) is 9.24. The van der Waals surface area contributed by atoms with Gasteiger partial charge in [0, 0.05) is 12.4 Å². The highest BCUT2D eigenvalue weighted by Crippen LogP contribution is 2.37. The van der Waals surface area contributed by atoms with Gasteiger partial charge in [-0.2, -0.15) is 0 Å². The van der Waals surface area contributed by atoms with Gasteiger partial charge in [-0.3, -0.25) is 4.79 Å². The van der Waals surface area contributed by atoms with Gasteiger partial charge in [-0.1, -0.05) is 19.3 Å². The third-order valence-corrected chi connectivity index (χ3v) is 3.07. The Kier molecular flexibility index (Phi) is 2.27. The van der Waals surface area contributed by atoms with Crippen LogP contribution in [0.25, 0.3) is 0 Å². The van der Waals surface area contributed by atoms with E-state index in [1.54, 1.807) is 12.4 Å². The highest BCUT2D eigenvalue weighted by atomic mass is 16.4. The van der Waals surface area contributed by atoms with Crippen LogP contribution in [0, 0.1) is 0 Å². The second-order valence-electron chi connectivity index (χ2n) is 3.89. The molecule has 0 atom stereocenters. The molecule has 1 heterocycles. The number of aromatic amines is 1. The number of aromatic nitrogens is 2. The second kappa shape index (κ2) is 3.44. The van der Waals surface area contributed by atoms with Gasteiger partial charge in [0.25, 0.3) is 0 Å². The van der Waals surface area contributed by atoms with Gasteiger partial charge in [0.15, 0.2) is 0 Å². The Hall–Kier alpha value is -1.32. The number of hydrogen-bond acceptors (Lipinski definition) is 2. The SMILES string of the molecule is O=C(O)C1(c2ncc[nH]2)CCCCC1. The highest BCUT2D eigenvalue weighted by molar-refractivity contribution is 5.80. The molecule has 1 aliphatic rings. The summed E-state index contributed by atoms with van der Waals surface area (Å²) < 4.78 is 0. The van der Waals surface area contributed by atoms with E-state index >= 15 is 0 Å². The van der Waals surface area contributed by atoms with Gasteiger partial charge in [0.05, 0.1) is 0 Å². The molecule has 2 rings (SSSR count). The van der Waals surface area contributed by atoms with Crippen molar-refractivity contribution >= 4 is 5.97 Å². The number of imidazole rings is 1. The van der Waals surface area contributed by atoms with E-state index in [4.69, 9.17) is 0 Å². The minimum atomic E-state index is -0.748. The van der Waals surface area contributed by atoms with Crippen molar-refractivity contribution in [1.29, 1.82) is 0 Å². The van der Waals surface area contributed by atoms with Crippen LogP contribution in [0.5, 0.6) is 0 Å². The van der Waals surface area contributed by atoms with Crippen LogP contribution in [-0.2, 0) is 10.2 Å². The molecule has 1 fully saturated rings. The maximum Gasteiger partial charge on any atom is 0.317 e. The van der Waals surface area contributed by atoms with Gasteiger partial charge in [-0.15, -0.1) is 0 Å². The number of carboxylic acids is 1. The Morgan fingerprint density at radius 2 is 2.14 bits per heavy atom. The van der Waals surface area contributed by atoms with Gasteiger partial charge >= 0.3 is 5.97 Å². The van der Waals surface area contributed by atoms with Crippen LogP contribution in [-0.4, -0.2) is 21.0 Å². The lowest BCUT2D eigenvalue weighted by atomic mass is 9.73. The molecule has 14 heavy (non-hydrogen) atoms. The van der Waals surface area contributed by atoms with Crippen molar-refractivity contribution in [2.24, 2.45) is 0 Å². The van der Waals surface area contributed by atoms with E-state index in [-0.39, 0.29) is 0 Å². The van der Waals surface area contributed by atoms with Crippen molar-refractivity contribution in [3.05, 3.63) is 18.2 Å². The minimum absolute atomic E-state index is 0.615. The first-order valence-corrected chi connectivity index (χ1v) is 4.99. The summed E-state index contributed by atoms with van der Waals surface area (Å²) in [7, 11) is 0. The quantitative estimate of drug-likeness (QED) is 0.753. The van der Waals surface area contributed by atoms with Crippen molar-refractivity contribution in [2.45, 2.75) is 37.5 Å². The van der Waals surface area contributed by atoms with E-state index in [9.17, 15) is 9.90 Å². The van der Waals surface area contributed by atoms with Gasteiger partial charge < -0.3 is 10.1 Å². The van der Waals surface area contributed by atoms with E-state index in [2.05, 4.69) is 9.97 Å². The maximum absolute atomic E-state index is 11.3. The smallest absolute Gasteiger partial charge is 0.317 e. The molecule has 1 aromatic rings. The Balaban J connectivity index is 2.35. The van der Waals surface area contributed by atoms with Crippen LogP contribution in [0.15, 0.2) is 12.4 Å². The van der Waals surface area contributed by atoms with Crippen molar-refractivity contribution < 1.29 is 9.90 Å². The molecule has 4 nitrogen and oxygen atoms in total. The summed E-state index contributed by atoms with van der Waals surface area (Å²) in [5.41, 5.74) is -0.748. The molecule has 0 spiro atoms. The summed E-state index contributed by atoms with van der Waals surface area (Å²) in [4.78, 5) is 18.3. The number of nitrogens with one attached hydrogen (secondary N) is 1. The van der Waals surface area contributed by atoms with Crippen molar-refractivity contribution in [3.63, 3.8) is 0 Å². The number of H-pyrrole nitrogens is 1. The topological polar surface area (TPSA) is 66.0 Å². The molecule has 1 aliphatic carbocycles. The fourth-order valence-corrected chi connectivity index (χ4v) is 2.23. The number of hydrogen-bond donors (Lipinski definition) is 2. The van der Waals surface area contributed by atoms with Gasteiger partial charge in [0.2, 0.25) is 0 Å². The van der Waals surface area contributed by atoms with Crippen LogP contribution < -0.4 is 0 Å². The molecule has 0 bridgehead atoms. The van der Waals surface area contributed by atoms with Crippen LogP contribution in [0.3, 0.4) is 0 Å². The monoisotopic (exact) mass is 194 g/mol. The third-order valence-electron chi connectivity index (χ3n) is 3.07. The standard InChI is InChI=1S/C10H14N2O2/c13-9(14)10(4-2-1-3-5-10)8-11-6-7-12-8/h6-7H,1-5H2,(H,11,12)(H,13,14). The predicted molar refractivity (Wildman–Crippen MR) is 51.0 cm³/mol. The first-order valence-electron chi connectivity index (χ1n) is 4.99. The Labute approximate surface area is 82.4 Å². The predicted octanol–water partition coefficient (Wildman–Crippen LogP) is 1.70. The Morgan fingerprint density at radius 3 is 2.64 bits per heavy atom. The lowest BCUT2D eigenvalue weighted by molar-refractivity contribution is -0.145. The van der Waals surface area contributed by atoms with Gasteiger partial charge in [-0.25, -0.2) is 4.98 Å². The van der Waals surface area contributed by atoms with E-state index in [0.717, 1.165) is 19.3 Å². The molecule has 0 aromatic carbocycles. The van der Waals surface area contributed by atoms with E-state index in [1.807, 2.05) is 0 Å². The third kappa shape index (κ3) is 1.31. The molecule has 76 valence electrons. The largest absolute Gasteiger partial charge is 0.480 e. The summed E-state index contributed by atoms with van der Waals surface area (Å²) >= 11 is 0. The van der Waals surface area contributed by atoms with Gasteiger partial charge in [0.1, 0.15) is 11.2 Å². The number of aliphatic carboxylic acids is 1. The normalized spacial score (nSPS) is 20.6. The molecule has 0 aliphatic heterocycles. The van der Waals surface area contributed by atoms with Crippen LogP contribution in [0.2, 0.25) is 0 Å². The average Bonchev–Trinajstić information content (AvgIpc) is 2.72. The summed E-state index contributed by atoms with van der Waals surface area (Å²) in [6.45, 7) is 0. The van der Waals surface area contributed by atoms with Crippen molar-refractivity contribution in [3.8, 4) is 0 Å². The summed E-state index contributed by atoms with van der Waals surface area (Å²) in [6.07, 6.45) is 7.81. The molecular formula is C10H14N2O2. The Bertz CT molecular complexity index is 313. The van der Waals surface area contributed by atoms with Crippen LogP contribution in [0.4, 0.5) is 0 Å². The fraction of sp³-hybridized carbons (Fsp3) is 0.600. The Morgan fingerprint density at radius 1 is 1.43 bits per heavy atom. The first-order chi connectivity index (χ1) is 6.76. The lowest BCUT2D eigenvalue weighted by Crippen LogP contribution is -2.38. The van der Waals surface area contributed by atoms with Crippen LogP contribution in [0.1, 0.15) is 37.9 Å². The van der Waals surface area contributed by atoms with E-state index < -0.39 is 11.4 Å². The van der Waals surface area contributed by atoms with E-state index in [0.29, 0.717) is 18.7 Å². The minimum Gasteiger partial charge on any atom is -0.480 e. The zero-order chi connectivity index (χ0) is 10.0. The number of nitrogens with zero attached hydrogens (tertiary/aromatic N) is 1. The molecule has 0 saturated heterocycles. The molecule has 0 amide bonds. The molecule has 0 radical (unpaired) electrons. The fourth-order valence-electron chi connectivity index (χ4n) is 2.23. The average molecular weight is 194 g/mol. The van der Waals surface area contributed by atoms with Crippen molar-refractivity contribution in [2.75, 3.05) is 0 Å². The molecule has 0 unspecified atom stereocenters. The zero-order valence-electron chi connectivity index (χ0n) is 7.99. The molecular weight excluding hydrogens is 180 g/mol. The van der Waals surface area contributed by atoms with E-state index in [1.165, 1.54) is 0 Å². The second-order valence-corrected chi connectivity index (χ2v) is 3.89. The molecule has 4 heteroatoms. The van der Waals surface area contributed by atoms with Gasteiger partial charge in [-0.05, 0) is 12.8 Å². The molecule has 1 saturated carbocycles.